The maximum Gasteiger partial charge on any atom is 0.312 e. The van der Waals surface area contributed by atoms with E-state index in [1.165, 1.54) is 36.0 Å². The molecule has 2 aromatic rings. The number of hydrogen-bond acceptors (Lipinski definition) is 6. The summed E-state index contributed by atoms with van der Waals surface area (Å²) in [5, 5.41) is 2.63. The van der Waals surface area contributed by atoms with E-state index in [1.807, 2.05) is 0 Å². The van der Waals surface area contributed by atoms with E-state index in [4.69, 9.17) is 4.74 Å². The van der Waals surface area contributed by atoms with Gasteiger partial charge in [-0.1, -0.05) is 0 Å². The summed E-state index contributed by atoms with van der Waals surface area (Å²) in [6, 6.07) is 3.21. The number of nitrogens with zero attached hydrogens (tertiary/aromatic N) is 3. The summed E-state index contributed by atoms with van der Waals surface area (Å²) in [6.45, 7) is -0.161. The van der Waals surface area contributed by atoms with Gasteiger partial charge in [-0.3, -0.25) is 14.4 Å². The van der Waals surface area contributed by atoms with E-state index in [9.17, 15) is 36.0 Å². The van der Waals surface area contributed by atoms with E-state index in [0.29, 0.717) is 11.3 Å². The van der Waals surface area contributed by atoms with Crippen LogP contribution in [0, 0.1) is 18.7 Å². The van der Waals surface area contributed by atoms with E-state index in [1.54, 1.807) is 6.92 Å². The predicted molar refractivity (Wildman–Crippen MR) is 130 cm³/mol. The van der Waals surface area contributed by atoms with Gasteiger partial charge < -0.3 is 24.4 Å². The molecule has 2 atom stereocenters. The van der Waals surface area contributed by atoms with E-state index in [-0.39, 0.29) is 42.5 Å². The Bertz CT molecular complexity index is 1470. The van der Waals surface area contributed by atoms with Gasteiger partial charge in [0.1, 0.15) is 10.7 Å². The highest BCUT2D eigenvalue weighted by molar-refractivity contribution is 7.89. The Balaban J connectivity index is 1.34. The Morgan fingerprint density at radius 2 is 1.85 bits per heavy atom. The number of aryl methyl sites for hydroxylation is 2. The van der Waals surface area contributed by atoms with Crippen LogP contribution >= 0.6 is 0 Å². The third kappa shape index (κ3) is 5.07. The Kier molecular flexibility index (Phi) is 6.61. The number of hydrogen-bond donors (Lipinski definition) is 2. The number of amides is 3. The molecule has 0 spiro atoms. The molecule has 3 amide bonds. The maximum atomic E-state index is 13.6. The van der Waals surface area contributed by atoms with Gasteiger partial charge in [0, 0.05) is 44.0 Å². The minimum atomic E-state index is -4.25. The Morgan fingerprint density at radius 1 is 1.15 bits per heavy atom. The van der Waals surface area contributed by atoms with Crippen molar-refractivity contribution < 1.29 is 40.7 Å². The third-order valence-electron chi connectivity index (χ3n) is 7.13. The average Bonchev–Trinajstić information content (AvgIpc) is 3.18. The minimum absolute atomic E-state index is 0.00839. The van der Waals surface area contributed by atoms with Gasteiger partial charge in [-0.15, -0.1) is 0 Å². The zero-order valence-electron chi connectivity index (χ0n) is 21.0. The van der Waals surface area contributed by atoms with Crippen molar-refractivity contribution in [2.75, 3.05) is 38.1 Å². The maximum absolute atomic E-state index is 13.6. The summed E-state index contributed by atoms with van der Waals surface area (Å²) >= 11 is 0. The number of rotatable bonds is 2. The van der Waals surface area contributed by atoms with Gasteiger partial charge in [-0.2, -0.15) is 0 Å². The molecule has 39 heavy (non-hydrogen) atoms. The van der Waals surface area contributed by atoms with Crippen molar-refractivity contribution in [1.29, 1.82) is 0 Å². The molecule has 5 rings (SSSR count). The van der Waals surface area contributed by atoms with Crippen molar-refractivity contribution in [2.45, 2.75) is 30.2 Å². The second-order valence-electron chi connectivity index (χ2n) is 10.1. The van der Waals surface area contributed by atoms with Crippen LogP contribution in [-0.4, -0.2) is 85.3 Å². The second kappa shape index (κ2) is 9.55. The van der Waals surface area contributed by atoms with Gasteiger partial charge in [0.2, 0.25) is 10.0 Å². The first-order chi connectivity index (χ1) is 18.3. The third-order valence-corrected chi connectivity index (χ3v) is 8.61. The number of anilines is 1. The van der Waals surface area contributed by atoms with Crippen LogP contribution in [0.4, 0.5) is 18.9 Å². The number of fused-ring (bicyclic) bond motifs is 2. The SMILES string of the molecule is Cc1cc(NC(=O)c2c3c(cn2C)S(=O)(=O)N[C@H]2CN(C(=O)C(=O)N4CC(F)(F)C4)CC[C@H]2CO3)ccc1F. The number of aromatic nitrogens is 1. The monoisotopic (exact) mass is 569 g/mol. The molecule has 2 N–H and O–H groups in total. The average molecular weight is 570 g/mol. The van der Waals surface area contributed by atoms with Crippen LogP contribution in [0.15, 0.2) is 29.3 Å². The molecule has 0 unspecified atom stereocenters. The van der Waals surface area contributed by atoms with Gasteiger partial charge in [0.15, 0.2) is 11.4 Å². The van der Waals surface area contributed by atoms with E-state index in [0.717, 1.165) is 9.80 Å². The fourth-order valence-electron chi connectivity index (χ4n) is 4.98. The van der Waals surface area contributed by atoms with Gasteiger partial charge in [-0.25, -0.2) is 26.3 Å². The second-order valence-corrected chi connectivity index (χ2v) is 11.7. The molecule has 4 heterocycles. The number of carbonyl (C=O) groups is 3. The lowest BCUT2D eigenvalue weighted by atomic mass is 9.92. The number of nitrogens with one attached hydrogen (secondary N) is 2. The van der Waals surface area contributed by atoms with Gasteiger partial charge in [0.25, 0.3) is 11.8 Å². The number of ether oxygens (including phenoxy) is 1. The first kappa shape index (κ1) is 27.0. The molecule has 0 radical (unpaired) electrons. The highest BCUT2D eigenvalue weighted by atomic mass is 32.2. The number of halogens is 3. The van der Waals surface area contributed by atoms with Crippen LogP contribution < -0.4 is 14.8 Å². The number of alkyl halides is 2. The van der Waals surface area contributed by atoms with Crippen LogP contribution in [-0.2, 0) is 26.7 Å². The molecule has 3 aliphatic rings. The smallest absolute Gasteiger partial charge is 0.312 e. The van der Waals surface area contributed by atoms with Gasteiger partial charge >= 0.3 is 11.8 Å². The summed E-state index contributed by atoms with van der Waals surface area (Å²) in [5.74, 6) is -6.69. The number of carbonyl (C=O) groups excluding carboxylic acids is 3. The molecule has 0 bridgehead atoms. The molecule has 0 aliphatic carbocycles. The largest absolute Gasteiger partial charge is 0.489 e. The number of benzene rings is 1. The van der Waals surface area contributed by atoms with Crippen molar-refractivity contribution in [3.63, 3.8) is 0 Å². The van der Waals surface area contributed by atoms with Crippen LogP contribution in [0.2, 0.25) is 0 Å². The van der Waals surface area contributed by atoms with E-state index in [2.05, 4.69) is 10.0 Å². The molecule has 1 aromatic carbocycles. The van der Waals surface area contributed by atoms with Crippen molar-refractivity contribution >= 4 is 33.4 Å². The highest BCUT2D eigenvalue weighted by Gasteiger charge is 2.49. The van der Waals surface area contributed by atoms with Crippen LogP contribution in [0.25, 0.3) is 0 Å². The lowest BCUT2D eigenvalue weighted by Gasteiger charge is -2.42. The van der Waals surface area contributed by atoms with E-state index < -0.39 is 64.5 Å². The molecule has 11 nitrogen and oxygen atoms in total. The normalized spacial score (nSPS) is 23.3. The first-order valence-corrected chi connectivity index (χ1v) is 13.6. The zero-order valence-corrected chi connectivity index (χ0v) is 21.9. The van der Waals surface area contributed by atoms with Crippen LogP contribution in [0.5, 0.6) is 5.75 Å². The summed E-state index contributed by atoms with van der Waals surface area (Å²) in [7, 11) is -2.77. The Morgan fingerprint density at radius 3 is 2.51 bits per heavy atom. The van der Waals surface area contributed by atoms with Gasteiger partial charge in [-0.05, 0) is 37.1 Å². The number of piperidine rings is 1. The van der Waals surface area contributed by atoms with Crippen LogP contribution in [0.1, 0.15) is 22.5 Å². The minimum Gasteiger partial charge on any atom is -0.489 e. The zero-order chi connectivity index (χ0) is 28.3. The molecular weight excluding hydrogens is 543 g/mol. The highest BCUT2D eigenvalue weighted by Crippen LogP contribution is 2.35. The Hall–Kier alpha value is -3.59. The van der Waals surface area contributed by atoms with Crippen LogP contribution in [0.3, 0.4) is 0 Å². The lowest BCUT2D eigenvalue weighted by molar-refractivity contribution is -0.174. The summed E-state index contributed by atoms with van der Waals surface area (Å²) < 4.78 is 76.3. The quantitative estimate of drug-likeness (QED) is 0.521. The fourth-order valence-corrected chi connectivity index (χ4v) is 6.47. The summed E-state index contributed by atoms with van der Waals surface area (Å²) in [6.07, 6.45) is 1.49. The van der Waals surface area contributed by atoms with Gasteiger partial charge in [0.05, 0.1) is 19.7 Å². The molecule has 3 aliphatic heterocycles. The lowest BCUT2D eigenvalue weighted by Crippen LogP contribution is -2.63. The molecule has 0 saturated carbocycles. The fraction of sp³-hybridized carbons (Fsp3) is 0.458. The molecule has 2 saturated heterocycles. The van der Waals surface area contributed by atoms with E-state index >= 15 is 0 Å². The number of likely N-dealkylation sites (tertiary alicyclic amines) is 2. The first-order valence-electron chi connectivity index (χ1n) is 12.1. The summed E-state index contributed by atoms with van der Waals surface area (Å²) in [5.41, 5.74) is 0.577. The molecule has 2 fully saturated rings. The van der Waals surface area contributed by atoms with Crippen molar-refractivity contribution in [3.05, 3.63) is 41.5 Å². The van der Waals surface area contributed by atoms with Crippen molar-refractivity contribution in [1.82, 2.24) is 19.1 Å². The standard InChI is InChI=1S/C24H26F3N5O6S/c1-13-7-15(3-4-16(13)25)28-21(33)19-20-18(9-30(19)2)39(36,37)29-17-8-31(6-5-14(17)10-38-20)22(34)23(35)32-11-24(26,27)12-32/h3-4,7,9,14,17,29H,5-6,8,10-12H2,1-2H3,(H,28,33)/t14-,17-/m0/s1. The summed E-state index contributed by atoms with van der Waals surface area (Å²) in [4.78, 5) is 39.7. The van der Waals surface area contributed by atoms with Crippen molar-refractivity contribution in [2.24, 2.45) is 13.0 Å². The Labute approximate surface area is 221 Å². The molecular formula is C24H26F3N5O6S. The molecule has 1 aromatic heterocycles. The number of sulfonamides is 1. The van der Waals surface area contributed by atoms with Crippen molar-refractivity contribution in [3.8, 4) is 5.75 Å². The predicted octanol–water partition coefficient (Wildman–Crippen LogP) is 1.09. The molecule has 15 heteroatoms. The topological polar surface area (TPSA) is 130 Å². The molecule has 210 valence electrons.